The number of pyridine rings is 1. The third-order valence-corrected chi connectivity index (χ3v) is 5.04. The molecule has 0 spiro atoms. The molecule has 0 aliphatic carbocycles. The van der Waals surface area contributed by atoms with Crippen molar-refractivity contribution < 1.29 is 16.4 Å². The smallest absolute Gasteiger partial charge is 0.134 e. The Morgan fingerprint density at radius 1 is 0.970 bits per heavy atom. The van der Waals surface area contributed by atoms with Crippen molar-refractivity contribution in [1.82, 2.24) is 10.3 Å². The van der Waals surface area contributed by atoms with Gasteiger partial charge in [0.2, 0.25) is 0 Å². The molecule has 0 aliphatic rings. The maximum atomic E-state index is 13.4. The van der Waals surface area contributed by atoms with Gasteiger partial charge in [-0.15, -0.1) is 0 Å². The Labute approximate surface area is 194 Å². The Balaban J connectivity index is 0.00000216. The third kappa shape index (κ3) is 5.74. The predicted molar refractivity (Wildman–Crippen MR) is 132 cm³/mol. The number of nitrogens with one attached hydrogen (secondary N) is 2. The molecule has 170 valence electrons. The van der Waals surface area contributed by atoms with Gasteiger partial charge in [0.25, 0.3) is 0 Å². The molecule has 3 aromatic carbocycles. The summed E-state index contributed by atoms with van der Waals surface area (Å²) in [6, 6.07) is 22.5. The van der Waals surface area contributed by atoms with Crippen LogP contribution >= 0.6 is 0 Å². The zero-order valence-corrected chi connectivity index (χ0v) is 18.1. The number of rotatable bonds is 8. The van der Waals surface area contributed by atoms with Crippen molar-refractivity contribution in [1.29, 1.82) is 0 Å². The van der Waals surface area contributed by atoms with E-state index in [9.17, 15) is 8.78 Å². The number of nitrogens with zero attached hydrogens (tertiary/aromatic N) is 1. The van der Waals surface area contributed by atoms with E-state index in [0.717, 1.165) is 22.9 Å². The van der Waals surface area contributed by atoms with E-state index in [4.69, 9.17) is 4.74 Å². The number of hydrogen-bond donors (Lipinski definition) is 2. The molecular formula is C27H27F2N3O. The molecule has 0 amide bonds. The molecule has 0 bridgehead atoms. The summed E-state index contributed by atoms with van der Waals surface area (Å²) in [5.41, 5.74) is 3.79. The lowest BCUT2D eigenvalue weighted by Crippen LogP contribution is -2.12. The highest BCUT2D eigenvalue weighted by molar-refractivity contribution is 5.67. The van der Waals surface area contributed by atoms with Gasteiger partial charge in [-0.05, 0) is 48.9 Å². The number of hydrogen-bond acceptors (Lipinski definition) is 4. The van der Waals surface area contributed by atoms with Crippen molar-refractivity contribution in [3.05, 3.63) is 120 Å². The highest BCUT2D eigenvalue weighted by Crippen LogP contribution is 2.30. The molecule has 4 nitrogen and oxygen atoms in total. The highest BCUT2D eigenvalue weighted by atomic mass is 19.1. The minimum atomic E-state index is -0.609. The molecule has 0 fully saturated rings. The number of halogens is 2. The van der Waals surface area contributed by atoms with Crippen LogP contribution in [-0.4, -0.2) is 4.98 Å². The third-order valence-electron chi connectivity index (χ3n) is 5.04. The second-order valence-electron chi connectivity index (χ2n) is 7.51. The minimum Gasteiger partial charge on any atom is -0.457 e. The fraction of sp³-hybridized carbons (Fsp3) is 0.0741. The van der Waals surface area contributed by atoms with E-state index < -0.39 is 11.6 Å². The lowest BCUT2D eigenvalue weighted by atomic mass is 10.0. The van der Waals surface area contributed by atoms with Crippen LogP contribution in [0.2, 0.25) is 0 Å². The van der Waals surface area contributed by atoms with Crippen LogP contribution in [-0.2, 0) is 6.54 Å². The van der Waals surface area contributed by atoms with E-state index >= 15 is 0 Å². The fourth-order valence-electron chi connectivity index (χ4n) is 3.41. The van der Waals surface area contributed by atoms with Crippen molar-refractivity contribution in [2.75, 3.05) is 5.32 Å². The molecule has 6 heteroatoms. The molecule has 1 heterocycles. The van der Waals surface area contributed by atoms with Gasteiger partial charge in [-0.1, -0.05) is 36.9 Å². The van der Waals surface area contributed by atoms with Crippen LogP contribution in [0.5, 0.6) is 11.5 Å². The maximum absolute atomic E-state index is 13.4. The zero-order chi connectivity index (χ0) is 23.2. The second-order valence-corrected chi connectivity index (χ2v) is 7.51. The topological polar surface area (TPSA) is 46.2 Å². The van der Waals surface area contributed by atoms with E-state index in [1.54, 1.807) is 12.3 Å². The lowest BCUT2D eigenvalue weighted by molar-refractivity contribution is 0.478. The fourth-order valence-corrected chi connectivity index (χ4v) is 3.41. The van der Waals surface area contributed by atoms with Crippen molar-refractivity contribution in [2.24, 2.45) is 0 Å². The molecule has 0 saturated carbocycles. The van der Waals surface area contributed by atoms with Crippen molar-refractivity contribution in [3.63, 3.8) is 0 Å². The molecule has 0 unspecified atom stereocenters. The molecule has 33 heavy (non-hydrogen) atoms. The van der Waals surface area contributed by atoms with Crippen molar-refractivity contribution >= 4 is 17.2 Å². The van der Waals surface area contributed by atoms with E-state index in [2.05, 4.69) is 22.2 Å². The molecule has 2 N–H and O–H groups in total. The summed E-state index contributed by atoms with van der Waals surface area (Å²) in [5.74, 6) is 0.757. The van der Waals surface area contributed by atoms with Gasteiger partial charge in [-0.25, -0.2) is 13.8 Å². The Kier molecular flexibility index (Phi) is 6.64. The summed E-state index contributed by atoms with van der Waals surface area (Å²) < 4.78 is 33.0. The summed E-state index contributed by atoms with van der Waals surface area (Å²) >= 11 is 0. The summed E-state index contributed by atoms with van der Waals surface area (Å²) in [5, 5.41) is 6.38. The lowest BCUT2D eigenvalue weighted by Gasteiger charge is -2.16. The first-order valence-electron chi connectivity index (χ1n) is 10.4. The number of ether oxygens (including phenoxy) is 1. The number of benzene rings is 3. The van der Waals surface area contributed by atoms with E-state index in [0.29, 0.717) is 28.6 Å². The Morgan fingerprint density at radius 3 is 2.48 bits per heavy atom. The van der Waals surface area contributed by atoms with Gasteiger partial charge in [0.05, 0.1) is 0 Å². The Morgan fingerprint density at radius 2 is 1.73 bits per heavy atom. The maximum Gasteiger partial charge on any atom is 0.134 e. The molecule has 0 atom stereocenters. The van der Waals surface area contributed by atoms with Crippen molar-refractivity contribution in [3.8, 4) is 11.5 Å². The van der Waals surface area contributed by atoms with Crippen molar-refractivity contribution in [2.45, 2.75) is 13.5 Å². The summed E-state index contributed by atoms with van der Waals surface area (Å²) in [6.07, 6.45) is 1.68. The van der Waals surface area contributed by atoms with E-state index in [-0.39, 0.29) is 9.40 Å². The summed E-state index contributed by atoms with van der Waals surface area (Å²) in [6.45, 7) is 6.26. The number of para-hydroxylation sites is 1. The summed E-state index contributed by atoms with van der Waals surface area (Å²) in [4.78, 5) is 4.34. The normalized spacial score (nSPS) is 10.5. The van der Waals surface area contributed by atoms with Gasteiger partial charge in [-0.2, -0.15) is 0 Å². The highest BCUT2D eigenvalue weighted by Gasteiger charge is 2.10. The van der Waals surface area contributed by atoms with Crippen LogP contribution in [0.4, 0.5) is 20.3 Å². The molecule has 1 aromatic heterocycles. The first-order valence-corrected chi connectivity index (χ1v) is 10.4. The van der Waals surface area contributed by atoms with Gasteiger partial charge >= 0.3 is 0 Å². The first kappa shape index (κ1) is 22.0. The number of anilines is 2. The van der Waals surface area contributed by atoms with Crippen LogP contribution in [0.25, 0.3) is 5.70 Å². The van der Waals surface area contributed by atoms with Crippen LogP contribution in [0, 0.1) is 18.6 Å². The quantitative estimate of drug-likeness (QED) is 0.294. The van der Waals surface area contributed by atoms with E-state index in [1.165, 1.54) is 12.1 Å². The van der Waals surface area contributed by atoms with Crippen LogP contribution in [0.1, 0.15) is 19.5 Å². The molecule has 0 radical (unpaired) electrons. The standard InChI is InChI=1S/C27H23F2N3O.2H2/c1-18-25(19(2)31-17-20-13-21(28)15-22(29)14-20)9-6-10-26(18)33-24-11-12-30-27(16-24)32-23-7-4-3-5-8-23;;/h3-16,31H,2,17H2,1H3,(H,30,32);2*1H. The van der Waals surface area contributed by atoms with Gasteiger partial charge in [0.1, 0.15) is 29.0 Å². The average Bonchev–Trinajstić information content (AvgIpc) is 2.79. The SMILES string of the molecule is C=C(NCc1cc(F)cc(F)c1)c1cccc(Oc2ccnc(Nc3ccccc3)c2)c1C.[HH].[HH]. The van der Waals surface area contributed by atoms with Gasteiger partial charge in [0.15, 0.2) is 0 Å². The number of aromatic nitrogens is 1. The monoisotopic (exact) mass is 447 g/mol. The first-order chi connectivity index (χ1) is 16.0. The molecular weight excluding hydrogens is 420 g/mol. The predicted octanol–water partition coefficient (Wildman–Crippen LogP) is 7.46. The molecule has 4 aromatic rings. The van der Waals surface area contributed by atoms with Gasteiger partial charge in [0, 0.05) is 50.2 Å². The largest absolute Gasteiger partial charge is 0.457 e. The minimum absolute atomic E-state index is 0. The molecule has 0 saturated heterocycles. The second kappa shape index (κ2) is 9.96. The van der Waals surface area contributed by atoms with Crippen LogP contribution in [0.15, 0.2) is 91.6 Å². The average molecular weight is 448 g/mol. The van der Waals surface area contributed by atoms with E-state index in [1.807, 2.05) is 61.5 Å². The van der Waals surface area contributed by atoms with Crippen LogP contribution in [0.3, 0.4) is 0 Å². The zero-order valence-electron chi connectivity index (χ0n) is 18.1. The molecule has 4 rings (SSSR count). The van der Waals surface area contributed by atoms with Gasteiger partial charge < -0.3 is 15.4 Å². The Hall–Kier alpha value is -4.19. The van der Waals surface area contributed by atoms with Crippen LogP contribution < -0.4 is 15.4 Å². The Bertz CT molecular complexity index is 1270. The summed E-state index contributed by atoms with van der Waals surface area (Å²) in [7, 11) is 0. The molecule has 0 aliphatic heterocycles. The van der Waals surface area contributed by atoms with Gasteiger partial charge in [-0.3, -0.25) is 0 Å².